The Balaban J connectivity index is 1.56. The van der Waals surface area contributed by atoms with Crippen LogP contribution >= 0.6 is 0 Å². The molecule has 8 nitrogen and oxygen atoms in total. The van der Waals surface area contributed by atoms with Gasteiger partial charge in [0.2, 0.25) is 5.91 Å². The molecule has 8 heteroatoms. The number of hydrogen-bond acceptors (Lipinski definition) is 5. The number of carbonyl (C=O) groups is 3. The van der Waals surface area contributed by atoms with Crippen molar-refractivity contribution in [3.8, 4) is 11.1 Å². The molecule has 2 aromatic rings. The second-order valence-electron chi connectivity index (χ2n) is 9.37. The molecule has 0 heterocycles. The minimum absolute atomic E-state index is 0.0228. The summed E-state index contributed by atoms with van der Waals surface area (Å²) in [5.41, 5.74) is 2.95. The first-order chi connectivity index (χ1) is 16.1. The monoisotopic (exact) mass is 468 g/mol. The van der Waals surface area contributed by atoms with Gasteiger partial charge in [-0.15, -0.1) is 0 Å². The van der Waals surface area contributed by atoms with Crippen molar-refractivity contribution in [2.75, 3.05) is 13.2 Å². The molecular weight excluding hydrogens is 436 g/mol. The van der Waals surface area contributed by atoms with Crippen LogP contribution in [0.25, 0.3) is 11.1 Å². The number of ether oxygens (including phenoxy) is 1. The summed E-state index contributed by atoms with van der Waals surface area (Å²) < 4.78 is 5.57. The van der Waals surface area contributed by atoms with Crippen molar-refractivity contribution in [2.24, 2.45) is 5.92 Å². The lowest BCUT2D eigenvalue weighted by Crippen LogP contribution is -2.46. The van der Waals surface area contributed by atoms with Crippen LogP contribution < -0.4 is 10.6 Å². The molecule has 1 aliphatic carbocycles. The van der Waals surface area contributed by atoms with Crippen molar-refractivity contribution in [2.45, 2.75) is 51.2 Å². The topological polar surface area (TPSA) is 125 Å². The van der Waals surface area contributed by atoms with Crippen LogP contribution in [0.15, 0.2) is 48.5 Å². The molecule has 2 atom stereocenters. The fourth-order valence-electron chi connectivity index (χ4n) is 4.19. The fraction of sp³-hybridized carbons (Fsp3) is 0.423. The molecule has 0 bridgehead atoms. The Bertz CT molecular complexity index is 1000. The van der Waals surface area contributed by atoms with Crippen LogP contribution in [0.5, 0.6) is 0 Å². The summed E-state index contributed by atoms with van der Waals surface area (Å²) in [7, 11) is 0. The number of amides is 2. The molecule has 2 amide bonds. The van der Waals surface area contributed by atoms with Gasteiger partial charge in [0.1, 0.15) is 6.61 Å². The second-order valence-corrected chi connectivity index (χ2v) is 9.37. The molecule has 3 rings (SSSR count). The molecule has 0 radical (unpaired) electrons. The molecule has 34 heavy (non-hydrogen) atoms. The summed E-state index contributed by atoms with van der Waals surface area (Å²) in [4.78, 5) is 35.7. The zero-order valence-electron chi connectivity index (χ0n) is 19.7. The van der Waals surface area contributed by atoms with Crippen LogP contribution in [0.1, 0.15) is 50.7 Å². The Morgan fingerprint density at radius 3 is 2.12 bits per heavy atom. The third kappa shape index (κ3) is 6.35. The molecule has 0 aliphatic heterocycles. The molecule has 0 fully saturated rings. The number of alkyl carbamates (subject to hydrolysis) is 1. The molecule has 1 aliphatic rings. The number of fused-ring (bicyclic) bond motifs is 3. The summed E-state index contributed by atoms with van der Waals surface area (Å²) >= 11 is 0. The van der Waals surface area contributed by atoms with E-state index in [-0.39, 0.29) is 31.4 Å². The van der Waals surface area contributed by atoms with Gasteiger partial charge in [-0.25, -0.2) is 4.79 Å². The van der Waals surface area contributed by atoms with E-state index in [1.165, 1.54) is 6.92 Å². The summed E-state index contributed by atoms with van der Waals surface area (Å²) in [6, 6.07) is 15.7. The number of aliphatic hydroxyl groups is 1. The Morgan fingerprint density at radius 2 is 1.59 bits per heavy atom. The Morgan fingerprint density at radius 1 is 1.03 bits per heavy atom. The van der Waals surface area contributed by atoms with E-state index in [0.29, 0.717) is 0 Å². The highest BCUT2D eigenvalue weighted by molar-refractivity contribution is 5.79. The largest absolute Gasteiger partial charge is 0.481 e. The maximum Gasteiger partial charge on any atom is 0.407 e. The van der Waals surface area contributed by atoms with E-state index in [1.54, 1.807) is 0 Å². The number of hydrogen-bond donors (Lipinski definition) is 4. The van der Waals surface area contributed by atoms with Crippen molar-refractivity contribution in [3.63, 3.8) is 0 Å². The van der Waals surface area contributed by atoms with Gasteiger partial charge >= 0.3 is 12.1 Å². The first-order valence-corrected chi connectivity index (χ1v) is 11.4. The first kappa shape index (κ1) is 25.2. The molecule has 1 unspecified atom stereocenters. The van der Waals surface area contributed by atoms with Gasteiger partial charge < -0.3 is 25.6 Å². The summed E-state index contributed by atoms with van der Waals surface area (Å²) in [5, 5.41) is 24.2. The zero-order chi connectivity index (χ0) is 24.9. The van der Waals surface area contributed by atoms with Gasteiger partial charge in [-0.2, -0.15) is 0 Å². The van der Waals surface area contributed by atoms with Gasteiger partial charge in [-0.3, -0.25) is 9.59 Å². The van der Waals surface area contributed by atoms with E-state index in [9.17, 15) is 19.5 Å². The number of carboxylic acids is 1. The smallest absolute Gasteiger partial charge is 0.407 e. The number of carbonyl (C=O) groups excluding carboxylic acids is 2. The molecule has 2 aromatic carbocycles. The lowest BCUT2D eigenvalue weighted by atomic mass is 9.98. The Kier molecular flexibility index (Phi) is 7.94. The molecule has 0 spiro atoms. The quantitative estimate of drug-likeness (QED) is 0.424. The lowest BCUT2D eigenvalue weighted by Gasteiger charge is -2.25. The maximum absolute atomic E-state index is 12.6. The molecule has 4 N–H and O–H groups in total. The third-order valence-corrected chi connectivity index (χ3v) is 6.06. The number of rotatable bonds is 10. The molecule has 182 valence electrons. The minimum atomic E-state index is -1.56. The van der Waals surface area contributed by atoms with E-state index >= 15 is 0 Å². The Labute approximate surface area is 199 Å². The minimum Gasteiger partial charge on any atom is -0.481 e. The van der Waals surface area contributed by atoms with Crippen LogP contribution in [0.3, 0.4) is 0 Å². The van der Waals surface area contributed by atoms with Crippen LogP contribution in [-0.4, -0.2) is 53.0 Å². The summed E-state index contributed by atoms with van der Waals surface area (Å²) in [5.74, 6) is -1.67. The van der Waals surface area contributed by atoms with E-state index in [1.807, 2.05) is 50.2 Å². The summed E-state index contributed by atoms with van der Waals surface area (Å²) in [6.45, 7) is 5.07. The van der Waals surface area contributed by atoms with Gasteiger partial charge in [0.05, 0.1) is 12.0 Å². The van der Waals surface area contributed by atoms with Crippen LogP contribution in [-0.2, 0) is 14.3 Å². The average Bonchev–Trinajstić information content (AvgIpc) is 3.09. The van der Waals surface area contributed by atoms with Gasteiger partial charge in [0, 0.05) is 24.9 Å². The third-order valence-electron chi connectivity index (χ3n) is 6.06. The van der Waals surface area contributed by atoms with Gasteiger partial charge in [0.25, 0.3) is 0 Å². The Hall–Kier alpha value is -3.39. The lowest BCUT2D eigenvalue weighted by molar-refractivity contribution is -0.142. The highest BCUT2D eigenvalue weighted by atomic mass is 16.5. The van der Waals surface area contributed by atoms with Gasteiger partial charge in [0.15, 0.2) is 0 Å². The van der Waals surface area contributed by atoms with Crippen LogP contribution in [0, 0.1) is 5.92 Å². The zero-order valence-corrected chi connectivity index (χ0v) is 19.7. The predicted molar refractivity (Wildman–Crippen MR) is 127 cm³/mol. The van der Waals surface area contributed by atoms with Crippen LogP contribution in [0.2, 0.25) is 0 Å². The molecular formula is C26H32N2O6. The predicted octanol–water partition coefficient (Wildman–Crippen LogP) is 3.28. The molecule has 0 saturated heterocycles. The number of benzene rings is 2. The van der Waals surface area contributed by atoms with Crippen molar-refractivity contribution in [1.82, 2.24) is 10.6 Å². The van der Waals surface area contributed by atoms with E-state index in [4.69, 9.17) is 9.84 Å². The SMILES string of the molecule is CC(C)[C@@H](CC(=O)NCC(C)(O)CC(=O)O)NC(=O)OCC1c2ccccc2-c2ccccc21. The van der Waals surface area contributed by atoms with E-state index in [0.717, 1.165) is 22.3 Å². The highest BCUT2D eigenvalue weighted by Gasteiger charge is 2.30. The van der Waals surface area contributed by atoms with Crippen molar-refractivity contribution < 1.29 is 29.3 Å². The average molecular weight is 469 g/mol. The highest BCUT2D eigenvalue weighted by Crippen LogP contribution is 2.44. The van der Waals surface area contributed by atoms with Crippen molar-refractivity contribution in [3.05, 3.63) is 59.7 Å². The molecule has 0 aromatic heterocycles. The first-order valence-electron chi connectivity index (χ1n) is 11.4. The van der Waals surface area contributed by atoms with Crippen molar-refractivity contribution >= 4 is 18.0 Å². The number of nitrogens with one attached hydrogen (secondary N) is 2. The maximum atomic E-state index is 12.6. The summed E-state index contributed by atoms with van der Waals surface area (Å²) in [6.07, 6.45) is -1.12. The van der Waals surface area contributed by atoms with Gasteiger partial charge in [-0.05, 0) is 35.1 Å². The number of aliphatic carboxylic acids is 1. The standard InChI is InChI=1S/C26H32N2O6/c1-16(2)22(12-23(29)27-15-26(3,33)13-24(30)31)28-25(32)34-14-21-19-10-6-4-8-17(19)18-9-5-7-11-20(18)21/h4-11,16,21-22,33H,12-15H2,1-3H3,(H,27,29)(H,28,32)(H,30,31)/t22-,26?/m1/s1. The van der Waals surface area contributed by atoms with Crippen LogP contribution in [0.4, 0.5) is 4.79 Å². The molecule has 0 saturated carbocycles. The fourth-order valence-corrected chi connectivity index (χ4v) is 4.19. The second kappa shape index (κ2) is 10.7. The van der Waals surface area contributed by atoms with E-state index < -0.39 is 36.0 Å². The van der Waals surface area contributed by atoms with E-state index in [2.05, 4.69) is 22.8 Å². The van der Waals surface area contributed by atoms with Gasteiger partial charge in [-0.1, -0.05) is 62.4 Å². The van der Waals surface area contributed by atoms with Crippen molar-refractivity contribution in [1.29, 1.82) is 0 Å². The number of carboxylic acid groups (broad SMARTS) is 1. The normalized spacial score (nSPS) is 15.1.